The van der Waals surface area contributed by atoms with Gasteiger partial charge in [0.15, 0.2) is 0 Å². The van der Waals surface area contributed by atoms with Crippen molar-refractivity contribution in [2.45, 2.75) is 45.1 Å². The maximum atomic E-state index is 12.9. The van der Waals surface area contributed by atoms with Gasteiger partial charge < -0.3 is 9.80 Å². The fourth-order valence-corrected chi connectivity index (χ4v) is 4.54. The van der Waals surface area contributed by atoms with Crippen LogP contribution in [0.2, 0.25) is 0 Å². The summed E-state index contributed by atoms with van der Waals surface area (Å²) in [4.78, 5) is 32.7. The Labute approximate surface area is 142 Å². The summed E-state index contributed by atoms with van der Waals surface area (Å²) in [6, 6.07) is 0. The van der Waals surface area contributed by atoms with Crippen molar-refractivity contribution in [3.63, 3.8) is 0 Å². The molecule has 3 aliphatic rings. The lowest BCUT2D eigenvalue weighted by Gasteiger charge is -2.47. The second-order valence-corrected chi connectivity index (χ2v) is 7.67. The topological polar surface area (TPSA) is 71.3 Å². The molecule has 1 spiro atoms. The number of piperidine rings is 2. The van der Waals surface area contributed by atoms with Crippen molar-refractivity contribution in [2.75, 3.05) is 26.7 Å². The van der Waals surface area contributed by atoms with Gasteiger partial charge in [-0.3, -0.25) is 9.59 Å². The van der Waals surface area contributed by atoms with Crippen LogP contribution in [-0.2, 0) is 22.6 Å². The minimum atomic E-state index is 0.0313. The lowest BCUT2D eigenvalue weighted by Crippen LogP contribution is -2.52. The van der Waals surface area contributed by atoms with Crippen LogP contribution in [0.3, 0.4) is 0 Å². The Morgan fingerprint density at radius 2 is 2.04 bits per heavy atom. The van der Waals surface area contributed by atoms with Crippen LogP contribution in [-0.4, -0.2) is 63.1 Å². The molecule has 0 radical (unpaired) electrons. The Bertz CT molecular complexity index is 647. The molecule has 2 fully saturated rings. The third-order valence-electron chi connectivity index (χ3n) is 6.16. The van der Waals surface area contributed by atoms with Crippen LogP contribution in [0, 0.1) is 11.3 Å². The molecule has 130 valence electrons. The molecule has 0 saturated carbocycles. The van der Waals surface area contributed by atoms with Gasteiger partial charge in [-0.05, 0) is 31.1 Å². The van der Waals surface area contributed by atoms with Crippen LogP contribution >= 0.6 is 0 Å². The quantitative estimate of drug-likeness (QED) is 0.759. The predicted molar refractivity (Wildman–Crippen MR) is 87.0 cm³/mol. The van der Waals surface area contributed by atoms with Gasteiger partial charge in [-0.1, -0.05) is 0 Å². The average Bonchev–Trinajstić information content (AvgIpc) is 3.06. The Balaban J connectivity index is 1.36. The van der Waals surface area contributed by atoms with Crippen LogP contribution in [0.25, 0.3) is 0 Å². The molecular formula is C17H25N5O2. The molecule has 1 atom stereocenters. The molecule has 3 aliphatic heterocycles. The molecule has 4 heterocycles. The minimum Gasteiger partial charge on any atom is -0.345 e. The largest absolute Gasteiger partial charge is 0.345 e. The van der Waals surface area contributed by atoms with E-state index in [1.165, 1.54) is 0 Å². The number of hydrogen-bond acceptors (Lipinski definition) is 4. The zero-order valence-corrected chi connectivity index (χ0v) is 14.3. The summed E-state index contributed by atoms with van der Waals surface area (Å²) >= 11 is 0. The summed E-state index contributed by atoms with van der Waals surface area (Å²) in [6.07, 6.45) is 6.94. The Morgan fingerprint density at radius 1 is 1.25 bits per heavy atom. The summed E-state index contributed by atoms with van der Waals surface area (Å²) in [7, 11) is 1.90. The van der Waals surface area contributed by atoms with E-state index in [1.807, 2.05) is 21.5 Å². The highest BCUT2D eigenvalue weighted by atomic mass is 16.2. The lowest BCUT2D eigenvalue weighted by atomic mass is 9.72. The highest BCUT2D eigenvalue weighted by molar-refractivity contribution is 5.79. The van der Waals surface area contributed by atoms with Crippen molar-refractivity contribution in [2.24, 2.45) is 11.3 Å². The average molecular weight is 331 g/mol. The SMILES string of the molecule is CN1CC2(CCC1=O)CCN(C(=O)C1CCc3ncnn3C1)CC2. The van der Waals surface area contributed by atoms with Crippen molar-refractivity contribution in [1.29, 1.82) is 0 Å². The molecule has 24 heavy (non-hydrogen) atoms. The van der Waals surface area contributed by atoms with E-state index in [0.717, 1.165) is 57.6 Å². The molecule has 2 saturated heterocycles. The summed E-state index contributed by atoms with van der Waals surface area (Å²) in [6.45, 7) is 3.15. The minimum absolute atomic E-state index is 0.0313. The zero-order valence-electron chi connectivity index (χ0n) is 14.3. The fraction of sp³-hybridized carbons (Fsp3) is 0.765. The van der Waals surface area contributed by atoms with Gasteiger partial charge in [0.1, 0.15) is 12.2 Å². The maximum Gasteiger partial charge on any atom is 0.227 e. The van der Waals surface area contributed by atoms with Crippen molar-refractivity contribution >= 4 is 11.8 Å². The number of carbonyl (C=O) groups is 2. The standard InChI is InChI=1S/C17H25N5O2/c1-20-11-17(5-4-15(20)23)6-8-21(9-7-17)16(24)13-2-3-14-18-12-19-22(14)10-13/h12-13H,2-11H2,1H3. The molecule has 2 amide bonds. The predicted octanol–water partition coefficient (Wildman–Crippen LogP) is 0.701. The highest BCUT2D eigenvalue weighted by Crippen LogP contribution is 2.40. The van der Waals surface area contributed by atoms with E-state index in [1.54, 1.807) is 6.33 Å². The van der Waals surface area contributed by atoms with Gasteiger partial charge in [0.2, 0.25) is 11.8 Å². The Kier molecular flexibility index (Phi) is 3.81. The Morgan fingerprint density at radius 3 is 2.79 bits per heavy atom. The number of aryl methyl sites for hydroxylation is 1. The van der Waals surface area contributed by atoms with Crippen LogP contribution < -0.4 is 0 Å². The molecule has 0 aliphatic carbocycles. The molecule has 4 rings (SSSR count). The lowest BCUT2D eigenvalue weighted by molar-refractivity contribution is -0.143. The molecule has 1 aromatic heterocycles. The van der Waals surface area contributed by atoms with Crippen LogP contribution in [0.5, 0.6) is 0 Å². The first-order valence-corrected chi connectivity index (χ1v) is 8.96. The summed E-state index contributed by atoms with van der Waals surface area (Å²) in [5.74, 6) is 1.55. The zero-order chi connectivity index (χ0) is 16.7. The molecule has 0 bridgehead atoms. The van der Waals surface area contributed by atoms with Crippen LogP contribution in [0.1, 0.15) is 37.9 Å². The first-order chi connectivity index (χ1) is 11.6. The van der Waals surface area contributed by atoms with E-state index in [9.17, 15) is 9.59 Å². The highest BCUT2D eigenvalue weighted by Gasteiger charge is 2.41. The molecule has 7 heteroatoms. The summed E-state index contributed by atoms with van der Waals surface area (Å²) < 4.78 is 1.87. The van der Waals surface area contributed by atoms with Crippen molar-refractivity contribution in [3.05, 3.63) is 12.2 Å². The second-order valence-electron chi connectivity index (χ2n) is 7.67. The van der Waals surface area contributed by atoms with Crippen LogP contribution in [0.4, 0.5) is 0 Å². The Hall–Kier alpha value is -1.92. The summed E-state index contributed by atoms with van der Waals surface area (Å²) in [5, 5.41) is 4.22. The third kappa shape index (κ3) is 2.70. The van der Waals surface area contributed by atoms with E-state index < -0.39 is 0 Å². The molecular weight excluding hydrogens is 306 g/mol. The van der Waals surface area contributed by atoms with Gasteiger partial charge in [0, 0.05) is 39.5 Å². The number of likely N-dealkylation sites (tertiary alicyclic amines) is 2. The molecule has 0 aromatic carbocycles. The maximum absolute atomic E-state index is 12.9. The number of aromatic nitrogens is 3. The third-order valence-corrected chi connectivity index (χ3v) is 6.16. The van der Waals surface area contributed by atoms with Crippen molar-refractivity contribution in [1.82, 2.24) is 24.6 Å². The molecule has 0 N–H and O–H groups in total. The second kappa shape index (κ2) is 5.86. The van der Waals surface area contributed by atoms with Gasteiger partial charge in [0.25, 0.3) is 0 Å². The van der Waals surface area contributed by atoms with Gasteiger partial charge in [-0.2, -0.15) is 5.10 Å². The molecule has 1 aromatic rings. The van der Waals surface area contributed by atoms with Crippen LogP contribution in [0.15, 0.2) is 6.33 Å². The first kappa shape index (κ1) is 15.6. The number of hydrogen-bond donors (Lipinski definition) is 0. The van der Waals surface area contributed by atoms with E-state index in [-0.39, 0.29) is 23.1 Å². The number of amides is 2. The van der Waals surface area contributed by atoms with Crippen molar-refractivity contribution in [3.8, 4) is 0 Å². The number of fused-ring (bicyclic) bond motifs is 1. The monoisotopic (exact) mass is 331 g/mol. The number of carbonyl (C=O) groups excluding carboxylic acids is 2. The molecule has 1 unspecified atom stereocenters. The van der Waals surface area contributed by atoms with E-state index in [0.29, 0.717) is 13.0 Å². The van der Waals surface area contributed by atoms with Gasteiger partial charge >= 0.3 is 0 Å². The van der Waals surface area contributed by atoms with Gasteiger partial charge in [-0.15, -0.1) is 0 Å². The first-order valence-electron chi connectivity index (χ1n) is 8.96. The normalized spacial score (nSPS) is 26.5. The number of rotatable bonds is 1. The van der Waals surface area contributed by atoms with E-state index in [2.05, 4.69) is 10.1 Å². The van der Waals surface area contributed by atoms with E-state index >= 15 is 0 Å². The van der Waals surface area contributed by atoms with Crippen molar-refractivity contribution < 1.29 is 9.59 Å². The summed E-state index contributed by atoms with van der Waals surface area (Å²) in [5.41, 5.74) is 0.227. The fourth-order valence-electron chi connectivity index (χ4n) is 4.54. The number of nitrogens with zero attached hydrogens (tertiary/aromatic N) is 5. The molecule has 7 nitrogen and oxygen atoms in total. The van der Waals surface area contributed by atoms with E-state index in [4.69, 9.17) is 0 Å². The smallest absolute Gasteiger partial charge is 0.227 e. The van der Waals surface area contributed by atoms with Gasteiger partial charge in [-0.25, -0.2) is 9.67 Å². The van der Waals surface area contributed by atoms with Gasteiger partial charge in [0.05, 0.1) is 12.5 Å².